The van der Waals surface area contributed by atoms with Crippen LogP contribution in [0.3, 0.4) is 0 Å². The minimum atomic E-state index is -0.687. The quantitative estimate of drug-likeness (QED) is 0.945. The number of rotatable bonds is 3. The van der Waals surface area contributed by atoms with Crippen LogP contribution in [0.1, 0.15) is 23.5 Å². The van der Waals surface area contributed by atoms with Crippen LogP contribution in [0.5, 0.6) is 17.2 Å². The number of thiophene rings is 1. The van der Waals surface area contributed by atoms with Gasteiger partial charge >= 0.3 is 0 Å². The van der Waals surface area contributed by atoms with E-state index >= 15 is 0 Å². The molecule has 0 amide bonds. The fourth-order valence-corrected chi connectivity index (χ4v) is 3.05. The lowest BCUT2D eigenvalue weighted by Gasteiger charge is -2.12. The fourth-order valence-electron chi connectivity index (χ4n) is 2.19. The maximum atomic E-state index is 10.5. The van der Waals surface area contributed by atoms with Gasteiger partial charge in [-0.05, 0) is 23.8 Å². The van der Waals surface area contributed by atoms with Gasteiger partial charge in [0.2, 0.25) is 0 Å². The molecular weight excluding hydrogens is 288 g/mol. The number of hydrogen-bond donors (Lipinski definition) is 1. The van der Waals surface area contributed by atoms with E-state index in [1.807, 2.05) is 29.6 Å². The second kappa shape index (κ2) is 5.95. The van der Waals surface area contributed by atoms with Crippen molar-refractivity contribution in [1.29, 1.82) is 0 Å². The number of hydrogen-bond acceptors (Lipinski definition) is 5. The number of methoxy groups -OCH3 is 1. The molecule has 0 saturated carbocycles. The molecule has 1 aromatic heterocycles. The lowest BCUT2D eigenvalue weighted by atomic mass is 10.1. The molecule has 1 aliphatic rings. The molecule has 2 aromatic rings. The molecule has 4 nitrogen and oxygen atoms in total. The molecule has 0 bridgehead atoms. The van der Waals surface area contributed by atoms with Crippen molar-refractivity contribution in [2.45, 2.75) is 13.0 Å². The molecule has 1 N–H and O–H groups in total. The molecular formula is C16H18O4S. The third kappa shape index (κ3) is 2.99. The first-order valence-corrected chi connectivity index (χ1v) is 7.75. The van der Waals surface area contributed by atoms with Gasteiger partial charge in [-0.25, -0.2) is 0 Å². The van der Waals surface area contributed by atoms with Crippen LogP contribution in [-0.4, -0.2) is 25.4 Å². The molecule has 1 aromatic carbocycles. The van der Waals surface area contributed by atoms with Crippen LogP contribution in [0.25, 0.3) is 0 Å². The zero-order valence-electron chi connectivity index (χ0n) is 12.0. The van der Waals surface area contributed by atoms with Crippen LogP contribution in [0.2, 0.25) is 0 Å². The Morgan fingerprint density at radius 1 is 1.24 bits per heavy atom. The van der Waals surface area contributed by atoms with E-state index in [1.165, 1.54) is 11.3 Å². The highest BCUT2D eigenvalue weighted by molar-refractivity contribution is 7.10. The fraction of sp³-hybridized carbons (Fsp3) is 0.375. The van der Waals surface area contributed by atoms with Crippen LogP contribution in [0.4, 0.5) is 0 Å². The Balaban J connectivity index is 1.86. The minimum Gasteiger partial charge on any atom is -0.496 e. The predicted octanol–water partition coefficient (Wildman–Crippen LogP) is 3.25. The largest absolute Gasteiger partial charge is 0.496 e. The lowest BCUT2D eigenvalue weighted by molar-refractivity contribution is 0.221. The van der Waals surface area contributed by atoms with Crippen LogP contribution in [-0.2, 0) is 0 Å². The normalized spacial score (nSPS) is 18.9. The average molecular weight is 306 g/mol. The van der Waals surface area contributed by atoms with E-state index in [2.05, 4.69) is 6.92 Å². The van der Waals surface area contributed by atoms with Crippen LogP contribution in [0.15, 0.2) is 29.6 Å². The SMILES string of the molecule is COc1csc(C(O)c2ccc3c(c2)OCC(C)CO3)c1. The third-order valence-corrected chi connectivity index (χ3v) is 4.39. The molecule has 21 heavy (non-hydrogen) atoms. The Kier molecular flexibility index (Phi) is 4.03. The number of fused-ring (bicyclic) bond motifs is 1. The maximum Gasteiger partial charge on any atom is 0.161 e. The monoisotopic (exact) mass is 306 g/mol. The van der Waals surface area contributed by atoms with Crippen molar-refractivity contribution in [3.63, 3.8) is 0 Å². The molecule has 5 heteroatoms. The van der Waals surface area contributed by atoms with Gasteiger partial charge in [0.1, 0.15) is 11.9 Å². The van der Waals surface area contributed by atoms with Gasteiger partial charge in [0, 0.05) is 16.2 Å². The highest BCUT2D eigenvalue weighted by Crippen LogP contribution is 2.36. The van der Waals surface area contributed by atoms with Gasteiger partial charge in [0.05, 0.1) is 20.3 Å². The van der Waals surface area contributed by atoms with E-state index in [4.69, 9.17) is 14.2 Å². The standard InChI is InChI=1S/C16H18O4S/c1-10-7-19-13-4-3-11(5-14(13)20-8-10)16(17)15-6-12(18-2)9-21-15/h3-6,9-10,16-17H,7-8H2,1-2H3. The molecule has 112 valence electrons. The lowest BCUT2D eigenvalue weighted by Crippen LogP contribution is -2.12. The molecule has 3 rings (SSSR count). The summed E-state index contributed by atoms with van der Waals surface area (Å²) in [5.41, 5.74) is 0.788. The summed E-state index contributed by atoms with van der Waals surface area (Å²) in [5, 5.41) is 12.4. The van der Waals surface area contributed by atoms with E-state index in [9.17, 15) is 5.11 Å². The Bertz CT molecular complexity index is 622. The molecule has 1 aliphatic heterocycles. The van der Waals surface area contributed by atoms with E-state index in [0.29, 0.717) is 24.9 Å². The van der Waals surface area contributed by atoms with Crippen molar-refractivity contribution in [2.75, 3.05) is 20.3 Å². The Hall–Kier alpha value is -1.72. The molecule has 0 radical (unpaired) electrons. The average Bonchev–Trinajstić information content (AvgIpc) is 2.91. The second-order valence-electron chi connectivity index (χ2n) is 5.22. The van der Waals surface area contributed by atoms with E-state index in [1.54, 1.807) is 7.11 Å². The highest BCUT2D eigenvalue weighted by Gasteiger charge is 2.19. The van der Waals surface area contributed by atoms with Crippen molar-refractivity contribution < 1.29 is 19.3 Å². The summed E-state index contributed by atoms with van der Waals surface area (Å²) < 4.78 is 16.6. The third-order valence-electron chi connectivity index (χ3n) is 3.43. The number of benzene rings is 1. The summed E-state index contributed by atoms with van der Waals surface area (Å²) in [6.45, 7) is 3.36. The first-order chi connectivity index (χ1) is 10.2. The Morgan fingerprint density at radius 2 is 2.00 bits per heavy atom. The van der Waals surface area contributed by atoms with Crippen LogP contribution >= 0.6 is 11.3 Å². The van der Waals surface area contributed by atoms with Gasteiger partial charge in [-0.2, -0.15) is 0 Å². The van der Waals surface area contributed by atoms with Crippen molar-refractivity contribution in [3.05, 3.63) is 40.1 Å². The van der Waals surface area contributed by atoms with E-state index in [0.717, 1.165) is 21.9 Å². The van der Waals surface area contributed by atoms with Crippen molar-refractivity contribution >= 4 is 11.3 Å². The predicted molar refractivity (Wildman–Crippen MR) is 81.5 cm³/mol. The zero-order chi connectivity index (χ0) is 14.8. The molecule has 2 unspecified atom stereocenters. The number of aliphatic hydroxyl groups excluding tert-OH is 1. The molecule has 2 heterocycles. The maximum absolute atomic E-state index is 10.5. The van der Waals surface area contributed by atoms with Gasteiger partial charge in [0.25, 0.3) is 0 Å². The minimum absolute atomic E-state index is 0.354. The molecule has 2 atom stereocenters. The summed E-state index contributed by atoms with van der Waals surface area (Å²) in [6.07, 6.45) is -0.687. The van der Waals surface area contributed by atoms with Gasteiger partial charge in [-0.15, -0.1) is 11.3 Å². The molecule has 0 fully saturated rings. The first-order valence-electron chi connectivity index (χ1n) is 6.87. The molecule has 0 saturated heterocycles. The first kappa shape index (κ1) is 14.2. The summed E-state index contributed by atoms with van der Waals surface area (Å²) in [7, 11) is 1.62. The van der Waals surface area contributed by atoms with Gasteiger partial charge in [0.15, 0.2) is 11.5 Å². The van der Waals surface area contributed by atoms with Crippen LogP contribution < -0.4 is 14.2 Å². The van der Waals surface area contributed by atoms with Gasteiger partial charge < -0.3 is 19.3 Å². The summed E-state index contributed by atoms with van der Waals surface area (Å²) in [5.74, 6) is 2.54. The second-order valence-corrected chi connectivity index (χ2v) is 6.17. The van der Waals surface area contributed by atoms with Gasteiger partial charge in [-0.1, -0.05) is 13.0 Å². The molecule has 0 spiro atoms. The van der Waals surface area contributed by atoms with E-state index in [-0.39, 0.29) is 0 Å². The van der Waals surface area contributed by atoms with Gasteiger partial charge in [-0.3, -0.25) is 0 Å². The zero-order valence-corrected chi connectivity index (χ0v) is 12.9. The van der Waals surface area contributed by atoms with Crippen molar-refractivity contribution in [2.24, 2.45) is 5.92 Å². The highest BCUT2D eigenvalue weighted by atomic mass is 32.1. The van der Waals surface area contributed by atoms with E-state index < -0.39 is 6.10 Å². The summed E-state index contributed by atoms with van der Waals surface area (Å²) >= 11 is 1.47. The summed E-state index contributed by atoms with van der Waals surface area (Å²) in [4.78, 5) is 0.842. The molecule has 0 aliphatic carbocycles. The Labute approximate surface area is 127 Å². The van der Waals surface area contributed by atoms with Crippen LogP contribution in [0, 0.1) is 5.92 Å². The topological polar surface area (TPSA) is 47.9 Å². The summed E-state index contributed by atoms with van der Waals surface area (Å²) in [6, 6.07) is 7.43. The van der Waals surface area contributed by atoms with Crippen molar-refractivity contribution in [1.82, 2.24) is 0 Å². The number of aliphatic hydroxyl groups is 1. The smallest absolute Gasteiger partial charge is 0.161 e. The Morgan fingerprint density at radius 3 is 2.71 bits per heavy atom. The van der Waals surface area contributed by atoms with Crippen molar-refractivity contribution in [3.8, 4) is 17.2 Å². The number of ether oxygens (including phenoxy) is 3.